The molecule has 1 atom stereocenters. The van der Waals surface area contributed by atoms with E-state index in [9.17, 15) is 5.11 Å². The molecule has 2 aromatic heterocycles. The van der Waals surface area contributed by atoms with Crippen LogP contribution in [0, 0.1) is 0 Å². The van der Waals surface area contributed by atoms with Gasteiger partial charge in [-0.25, -0.2) is 9.97 Å². The van der Waals surface area contributed by atoms with Gasteiger partial charge in [0.25, 0.3) is 0 Å². The third-order valence-corrected chi connectivity index (χ3v) is 4.18. The molecule has 0 aliphatic carbocycles. The average molecular weight is 296 g/mol. The molecule has 0 saturated carbocycles. The lowest BCUT2D eigenvalue weighted by Crippen LogP contribution is -2.41. The third-order valence-electron chi connectivity index (χ3n) is 3.90. The highest BCUT2D eigenvalue weighted by atomic mass is 35.5. The molecule has 1 fully saturated rings. The fraction of sp³-hybridized carbons (Fsp3) is 0.615. The Morgan fingerprint density at radius 2 is 2.25 bits per heavy atom. The average Bonchev–Trinajstić information content (AvgIpc) is 2.82. The van der Waals surface area contributed by atoms with E-state index in [2.05, 4.69) is 20.0 Å². The van der Waals surface area contributed by atoms with Crippen molar-refractivity contribution in [2.75, 3.05) is 13.2 Å². The number of likely N-dealkylation sites (tertiary alicyclic amines) is 1. The van der Waals surface area contributed by atoms with E-state index in [0.717, 1.165) is 30.4 Å². The molecule has 3 rings (SSSR count). The second-order valence-corrected chi connectivity index (χ2v) is 5.60. The lowest BCUT2D eigenvalue weighted by atomic mass is 10.0. The summed E-state index contributed by atoms with van der Waals surface area (Å²) in [5.41, 5.74) is 0.748. The highest BCUT2D eigenvalue weighted by Gasteiger charge is 2.23. The second kappa shape index (κ2) is 5.63. The number of aliphatic hydroxyl groups is 1. The Morgan fingerprint density at radius 3 is 3.05 bits per heavy atom. The summed E-state index contributed by atoms with van der Waals surface area (Å²) in [4.78, 5) is 11.1. The first-order valence-corrected chi connectivity index (χ1v) is 7.26. The maximum absolute atomic E-state index is 9.45. The Balaban J connectivity index is 1.88. The molecular weight excluding hydrogens is 278 g/mol. The van der Waals surface area contributed by atoms with E-state index in [4.69, 9.17) is 11.6 Å². The maximum Gasteiger partial charge on any atom is 0.162 e. The zero-order valence-electron chi connectivity index (χ0n) is 11.5. The van der Waals surface area contributed by atoms with E-state index in [1.165, 1.54) is 6.42 Å². The Labute approximate surface area is 122 Å². The van der Waals surface area contributed by atoms with Gasteiger partial charge in [0.05, 0.1) is 24.7 Å². The van der Waals surface area contributed by atoms with Crippen molar-refractivity contribution >= 4 is 22.6 Å². The van der Waals surface area contributed by atoms with Crippen molar-refractivity contribution in [3.05, 3.63) is 17.2 Å². The molecule has 2 aromatic rings. The van der Waals surface area contributed by atoms with E-state index in [1.54, 1.807) is 10.9 Å². The summed E-state index contributed by atoms with van der Waals surface area (Å²) < 4.78 is 1.70. The van der Waals surface area contributed by atoms with Gasteiger partial charge < -0.3 is 5.11 Å². The minimum absolute atomic E-state index is 0.182. The number of halogens is 1. The summed E-state index contributed by atoms with van der Waals surface area (Å²) in [7, 11) is 1.84. The van der Waals surface area contributed by atoms with Crippen molar-refractivity contribution in [1.82, 2.24) is 24.6 Å². The normalized spacial score (nSPS) is 20.6. The van der Waals surface area contributed by atoms with Crippen LogP contribution in [0.2, 0.25) is 5.15 Å². The molecule has 20 heavy (non-hydrogen) atoms. The quantitative estimate of drug-likeness (QED) is 0.866. The number of hydrogen-bond acceptors (Lipinski definition) is 5. The van der Waals surface area contributed by atoms with Crippen LogP contribution in [-0.4, -0.2) is 48.9 Å². The fourth-order valence-electron chi connectivity index (χ4n) is 2.76. The zero-order chi connectivity index (χ0) is 14.1. The Bertz CT molecular complexity index is 614. The number of hydrogen-bond donors (Lipinski definition) is 1. The summed E-state index contributed by atoms with van der Waals surface area (Å²) in [6.07, 6.45) is 5.03. The molecule has 3 heterocycles. The molecule has 1 N–H and O–H groups in total. The topological polar surface area (TPSA) is 67.1 Å². The number of aromatic nitrogens is 4. The predicted octanol–water partition coefficient (Wildman–Crippen LogP) is 1.36. The van der Waals surface area contributed by atoms with Crippen LogP contribution in [0.3, 0.4) is 0 Å². The number of aliphatic hydroxyl groups excluding tert-OH is 1. The Morgan fingerprint density at radius 1 is 1.40 bits per heavy atom. The molecule has 6 nitrogen and oxygen atoms in total. The number of fused-ring (bicyclic) bond motifs is 1. The van der Waals surface area contributed by atoms with Gasteiger partial charge in [0.1, 0.15) is 11.0 Å². The summed E-state index contributed by atoms with van der Waals surface area (Å²) >= 11 is 6.19. The summed E-state index contributed by atoms with van der Waals surface area (Å²) in [5.74, 6) is 0.687. The van der Waals surface area contributed by atoms with Gasteiger partial charge in [0.15, 0.2) is 5.65 Å². The van der Waals surface area contributed by atoms with E-state index < -0.39 is 0 Å². The molecule has 1 aliphatic heterocycles. The SMILES string of the molecule is Cn1ncc2c(Cl)nc(CN3CCCCC3CO)nc21. The summed E-state index contributed by atoms with van der Waals surface area (Å²) in [6.45, 7) is 1.77. The molecule has 1 unspecified atom stereocenters. The van der Waals surface area contributed by atoms with E-state index in [1.807, 2.05) is 7.05 Å². The van der Waals surface area contributed by atoms with Crippen LogP contribution in [0.15, 0.2) is 6.20 Å². The van der Waals surface area contributed by atoms with Crippen LogP contribution in [0.4, 0.5) is 0 Å². The molecule has 0 spiro atoms. The summed E-state index contributed by atoms with van der Waals surface area (Å²) in [6, 6.07) is 0.202. The lowest BCUT2D eigenvalue weighted by Gasteiger charge is -2.33. The van der Waals surface area contributed by atoms with Crippen LogP contribution in [0.1, 0.15) is 25.1 Å². The maximum atomic E-state index is 9.45. The molecule has 1 aliphatic rings. The van der Waals surface area contributed by atoms with Crippen LogP contribution < -0.4 is 0 Å². The van der Waals surface area contributed by atoms with Crippen molar-refractivity contribution in [3.63, 3.8) is 0 Å². The number of piperidine rings is 1. The van der Waals surface area contributed by atoms with Gasteiger partial charge in [0, 0.05) is 13.1 Å². The number of aryl methyl sites for hydroxylation is 1. The molecule has 108 valence electrons. The van der Waals surface area contributed by atoms with Crippen molar-refractivity contribution < 1.29 is 5.11 Å². The molecule has 0 radical (unpaired) electrons. The van der Waals surface area contributed by atoms with Gasteiger partial charge in [-0.05, 0) is 19.4 Å². The number of nitrogens with zero attached hydrogens (tertiary/aromatic N) is 5. The number of rotatable bonds is 3. The van der Waals surface area contributed by atoms with Crippen molar-refractivity contribution in [3.8, 4) is 0 Å². The first kappa shape index (κ1) is 13.7. The minimum atomic E-state index is 0.182. The van der Waals surface area contributed by atoms with Gasteiger partial charge >= 0.3 is 0 Å². The van der Waals surface area contributed by atoms with Crippen LogP contribution in [0.5, 0.6) is 0 Å². The van der Waals surface area contributed by atoms with Crippen LogP contribution in [0.25, 0.3) is 11.0 Å². The van der Waals surface area contributed by atoms with E-state index in [0.29, 0.717) is 17.5 Å². The Kier molecular flexibility index (Phi) is 3.87. The van der Waals surface area contributed by atoms with Gasteiger partial charge in [0.2, 0.25) is 0 Å². The monoisotopic (exact) mass is 295 g/mol. The van der Waals surface area contributed by atoms with E-state index >= 15 is 0 Å². The highest BCUT2D eigenvalue weighted by molar-refractivity contribution is 6.33. The van der Waals surface area contributed by atoms with Crippen molar-refractivity contribution in [2.45, 2.75) is 31.8 Å². The van der Waals surface area contributed by atoms with Gasteiger partial charge in [-0.15, -0.1) is 0 Å². The molecule has 0 amide bonds. The van der Waals surface area contributed by atoms with Crippen LogP contribution >= 0.6 is 11.6 Å². The van der Waals surface area contributed by atoms with Crippen molar-refractivity contribution in [1.29, 1.82) is 0 Å². The molecule has 0 aromatic carbocycles. The lowest BCUT2D eigenvalue weighted by molar-refractivity contribution is 0.0820. The minimum Gasteiger partial charge on any atom is -0.395 e. The van der Waals surface area contributed by atoms with E-state index in [-0.39, 0.29) is 12.6 Å². The Hall–Kier alpha value is -1.24. The standard InChI is InChI=1S/C13H18ClN5O/c1-18-13-10(6-15-18)12(14)16-11(17-13)7-19-5-3-2-4-9(19)8-20/h6,9,20H,2-5,7-8H2,1H3. The molecule has 0 bridgehead atoms. The first-order valence-electron chi connectivity index (χ1n) is 6.88. The third kappa shape index (κ3) is 2.51. The molecule has 1 saturated heterocycles. The fourth-order valence-corrected chi connectivity index (χ4v) is 2.99. The highest BCUT2D eigenvalue weighted by Crippen LogP contribution is 2.22. The largest absolute Gasteiger partial charge is 0.395 e. The second-order valence-electron chi connectivity index (χ2n) is 5.24. The zero-order valence-corrected chi connectivity index (χ0v) is 12.2. The predicted molar refractivity (Wildman–Crippen MR) is 76.4 cm³/mol. The molecular formula is C13H18ClN5O. The van der Waals surface area contributed by atoms with Gasteiger partial charge in [-0.3, -0.25) is 9.58 Å². The van der Waals surface area contributed by atoms with Crippen LogP contribution in [-0.2, 0) is 13.6 Å². The van der Waals surface area contributed by atoms with Gasteiger partial charge in [-0.1, -0.05) is 18.0 Å². The molecule has 7 heteroatoms. The van der Waals surface area contributed by atoms with Crippen molar-refractivity contribution in [2.24, 2.45) is 7.05 Å². The summed E-state index contributed by atoms with van der Waals surface area (Å²) in [5, 5.41) is 14.8. The smallest absolute Gasteiger partial charge is 0.162 e. The van der Waals surface area contributed by atoms with Gasteiger partial charge in [-0.2, -0.15) is 5.10 Å². The first-order chi connectivity index (χ1) is 9.69.